The number of hydrogen-bond donors (Lipinski definition) is 2. The van der Waals surface area contributed by atoms with Crippen LogP contribution in [0.2, 0.25) is 0 Å². The highest BCUT2D eigenvalue weighted by Crippen LogP contribution is 2.25. The van der Waals surface area contributed by atoms with Crippen LogP contribution in [-0.4, -0.2) is 50.5 Å². The monoisotopic (exact) mass is 489 g/mol. The molecule has 1 aliphatic rings. The van der Waals surface area contributed by atoms with Crippen LogP contribution in [0.5, 0.6) is 0 Å². The predicted octanol–water partition coefficient (Wildman–Crippen LogP) is 3.31. The minimum absolute atomic E-state index is 0.101. The van der Waals surface area contributed by atoms with Crippen LogP contribution in [0, 0.1) is 0 Å². The molecule has 0 radical (unpaired) electrons. The van der Waals surface area contributed by atoms with Gasteiger partial charge in [-0.15, -0.1) is 11.8 Å². The van der Waals surface area contributed by atoms with Crippen molar-refractivity contribution < 1.29 is 0 Å². The van der Waals surface area contributed by atoms with E-state index >= 15 is 0 Å². The van der Waals surface area contributed by atoms with Gasteiger partial charge in [0.2, 0.25) is 11.9 Å². The normalized spacial score (nSPS) is 16.1. The molecule has 2 aromatic heterocycles. The van der Waals surface area contributed by atoms with E-state index < -0.39 is 0 Å². The number of piperidine rings is 1. The SMILES string of the molecule is Cn1c(NCCSc2ccccc2)nc2nc(N3CCCC(N)C3)n(Cc3ccccc3)c2c1=O. The zero-order valence-electron chi connectivity index (χ0n) is 19.9. The molecule has 1 aliphatic heterocycles. The molecule has 0 bridgehead atoms. The Labute approximate surface area is 209 Å². The third-order valence-electron chi connectivity index (χ3n) is 6.29. The van der Waals surface area contributed by atoms with Crippen LogP contribution in [-0.2, 0) is 13.6 Å². The van der Waals surface area contributed by atoms with Crippen molar-refractivity contribution in [3.8, 4) is 0 Å². The number of aromatic nitrogens is 4. The van der Waals surface area contributed by atoms with E-state index in [0.717, 1.165) is 43.2 Å². The van der Waals surface area contributed by atoms with Gasteiger partial charge in [-0.1, -0.05) is 48.5 Å². The number of rotatable bonds is 8. The fourth-order valence-electron chi connectivity index (χ4n) is 4.50. The summed E-state index contributed by atoms with van der Waals surface area (Å²) in [4.78, 5) is 26.6. The highest BCUT2D eigenvalue weighted by molar-refractivity contribution is 7.99. The molecule has 3 heterocycles. The molecule has 0 aliphatic carbocycles. The van der Waals surface area contributed by atoms with E-state index in [9.17, 15) is 4.79 Å². The molecule has 0 saturated carbocycles. The van der Waals surface area contributed by atoms with Crippen LogP contribution >= 0.6 is 11.8 Å². The van der Waals surface area contributed by atoms with Gasteiger partial charge in [-0.25, -0.2) is 0 Å². The number of imidazole rings is 1. The van der Waals surface area contributed by atoms with Gasteiger partial charge in [0.15, 0.2) is 11.2 Å². The molecule has 1 fully saturated rings. The second-order valence-electron chi connectivity index (χ2n) is 8.89. The summed E-state index contributed by atoms with van der Waals surface area (Å²) < 4.78 is 3.59. The van der Waals surface area contributed by atoms with Crippen molar-refractivity contribution in [3.05, 3.63) is 76.6 Å². The second-order valence-corrected chi connectivity index (χ2v) is 10.1. The van der Waals surface area contributed by atoms with Crippen molar-refractivity contribution in [1.82, 2.24) is 19.1 Å². The molecule has 1 unspecified atom stereocenters. The molecule has 5 rings (SSSR count). The Kier molecular flexibility index (Phi) is 7.06. The number of benzene rings is 2. The van der Waals surface area contributed by atoms with E-state index in [4.69, 9.17) is 15.7 Å². The molecule has 9 heteroatoms. The number of hydrogen-bond acceptors (Lipinski definition) is 7. The molecule has 3 N–H and O–H groups in total. The summed E-state index contributed by atoms with van der Waals surface area (Å²) in [5.74, 6) is 2.15. The van der Waals surface area contributed by atoms with Gasteiger partial charge in [0.25, 0.3) is 5.56 Å². The van der Waals surface area contributed by atoms with Gasteiger partial charge in [0.05, 0.1) is 6.54 Å². The highest BCUT2D eigenvalue weighted by Gasteiger charge is 2.25. The highest BCUT2D eigenvalue weighted by atomic mass is 32.2. The van der Waals surface area contributed by atoms with Crippen molar-refractivity contribution in [1.29, 1.82) is 0 Å². The summed E-state index contributed by atoms with van der Waals surface area (Å²) in [7, 11) is 1.76. The quantitative estimate of drug-likeness (QED) is 0.290. The van der Waals surface area contributed by atoms with Crippen molar-refractivity contribution in [3.63, 3.8) is 0 Å². The Morgan fingerprint density at radius 2 is 1.83 bits per heavy atom. The Morgan fingerprint density at radius 3 is 2.57 bits per heavy atom. The van der Waals surface area contributed by atoms with Crippen LogP contribution < -0.4 is 21.5 Å². The fraction of sp³-hybridized carbons (Fsp3) is 0.346. The second kappa shape index (κ2) is 10.5. The zero-order chi connectivity index (χ0) is 24.2. The maximum atomic E-state index is 13.5. The number of nitrogens with zero attached hydrogens (tertiary/aromatic N) is 5. The van der Waals surface area contributed by atoms with Crippen LogP contribution in [0.1, 0.15) is 18.4 Å². The van der Waals surface area contributed by atoms with Crippen LogP contribution in [0.25, 0.3) is 11.2 Å². The van der Waals surface area contributed by atoms with Crippen LogP contribution in [0.4, 0.5) is 11.9 Å². The predicted molar refractivity (Wildman–Crippen MR) is 143 cm³/mol. The molecule has 4 aromatic rings. The minimum atomic E-state index is -0.107. The largest absolute Gasteiger partial charge is 0.355 e. The molecular weight excluding hydrogens is 458 g/mol. The standard InChI is InChI=1S/C26H31N7OS/c1-31-24(34)22-23(29-25(31)28-14-16-35-21-12-6-3-7-13-21)30-26(32-15-8-11-20(27)18-32)33(22)17-19-9-4-2-5-10-19/h2-7,9-10,12-13,20H,8,11,14-18,27H2,1H3,(H,28,29). The summed E-state index contributed by atoms with van der Waals surface area (Å²) in [6, 6.07) is 20.5. The topological polar surface area (TPSA) is 94.0 Å². The van der Waals surface area contributed by atoms with Gasteiger partial charge in [0.1, 0.15) is 0 Å². The van der Waals surface area contributed by atoms with Crippen LogP contribution in [0.3, 0.4) is 0 Å². The first kappa shape index (κ1) is 23.4. The third-order valence-corrected chi connectivity index (χ3v) is 7.30. The zero-order valence-corrected chi connectivity index (χ0v) is 20.7. The van der Waals surface area contributed by atoms with E-state index in [1.165, 1.54) is 4.90 Å². The lowest BCUT2D eigenvalue weighted by Crippen LogP contribution is -2.44. The lowest BCUT2D eigenvalue weighted by Gasteiger charge is -2.31. The number of thioether (sulfide) groups is 1. The van der Waals surface area contributed by atoms with Gasteiger partial charge in [-0.2, -0.15) is 9.97 Å². The number of nitrogens with two attached hydrogens (primary N) is 1. The number of fused-ring (bicyclic) bond motifs is 1. The molecule has 1 atom stereocenters. The number of nitrogens with one attached hydrogen (secondary N) is 1. The van der Waals surface area contributed by atoms with Crippen LogP contribution in [0.15, 0.2) is 70.4 Å². The van der Waals surface area contributed by atoms with Crippen molar-refractivity contribution >= 4 is 34.8 Å². The lowest BCUT2D eigenvalue weighted by atomic mass is 10.1. The van der Waals surface area contributed by atoms with Gasteiger partial charge < -0.3 is 16.0 Å². The first-order chi connectivity index (χ1) is 17.1. The Hall–Kier alpha value is -3.30. The molecule has 8 nitrogen and oxygen atoms in total. The smallest absolute Gasteiger partial charge is 0.281 e. The Morgan fingerprint density at radius 1 is 1.09 bits per heavy atom. The molecule has 0 amide bonds. The maximum Gasteiger partial charge on any atom is 0.281 e. The molecule has 2 aromatic carbocycles. The summed E-state index contributed by atoms with van der Waals surface area (Å²) in [5, 5.41) is 3.33. The lowest BCUT2D eigenvalue weighted by molar-refractivity contribution is 0.495. The Balaban J connectivity index is 1.46. The van der Waals surface area contributed by atoms with E-state index in [0.29, 0.717) is 30.2 Å². The summed E-state index contributed by atoms with van der Waals surface area (Å²) in [6.07, 6.45) is 2.01. The van der Waals surface area contributed by atoms with Crippen molar-refractivity contribution in [2.75, 3.05) is 35.6 Å². The number of anilines is 2. The van der Waals surface area contributed by atoms with Crippen molar-refractivity contribution in [2.24, 2.45) is 12.8 Å². The summed E-state index contributed by atoms with van der Waals surface area (Å²) in [5.41, 5.74) is 8.27. The average molecular weight is 490 g/mol. The summed E-state index contributed by atoms with van der Waals surface area (Å²) in [6.45, 7) is 2.83. The fourth-order valence-corrected chi connectivity index (χ4v) is 5.29. The molecule has 1 saturated heterocycles. The maximum absolute atomic E-state index is 13.5. The van der Waals surface area contributed by atoms with Gasteiger partial charge in [-0.05, 0) is 30.5 Å². The molecule has 35 heavy (non-hydrogen) atoms. The van der Waals surface area contributed by atoms with Crippen molar-refractivity contribution in [2.45, 2.75) is 30.3 Å². The molecule has 0 spiro atoms. The van der Waals surface area contributed by atoms with E-state index in [1.54, 1.807) is 23.4 Å². The van der Waals surface area contributed by atoms with Gasteiger partial charge in [0, 0.05) is 43.4 Å². The molecule has 182 valence electrons. The molecular formula is C26H31N7OS. The Bertz CT molecular complexity index is 1340. The first-order valence-electron chi connectivity index (χ1n) is 12.0. The average Bonchev–Trinajstić information content (AvgIpc) is 3.24. The van der Waals surface area contributed by atoms with Gasteiger partial charge in [-0.3, -0.25) is 13.9 Å². The minimum Gasteiger partial charge on any atom is -0.355 e. The van der Waals surface area contributed by atoms with E-state index in [-0.39, 0.29) is 11.6 Å². The first-order valence-corrected chi connectivity index (χ1v) is 13.0. The van der Waals surface area contributed by atoms with E-state index in [2.05, 4.69) is 34.5 Å². The van der Waals surface area contributed by atoms with E-state index in [1.807, 2.05) is 41.0 Å². The van der Waals surface area contributed by atoms with Gasteiger partial charge >= 0.3 is 0 Å². The summed E-state index contributed by atoms with van der Waals surface area (Å²) >= 11 is 1.76. The third kappa shape index (κ3) is 5.21.